The van der Waals surface area contributed by atoms with Gasteiger partial charge in [0.05, 0.1) is 22.4 Å². The first-order valence-corrected chi connectivity index (χ1v) is 7.66. The Balaban J connectivity index is 1.69. The van der Waals surface area contributed by atoms with Crippen LogP contribution in [0.3, 0.4) is 0 Å². The SMILES string of the molecule is CN(Cc1nc2ccccc2s1)C(=O)Nc1ccc(F)cc1F. The molecule has 3 rings (SSSR count). The van der Waals surface area contributed by atoms with Crippen molar-refractivity contribution in [3.8, 4) is 0 Å². The topological polar surface area (TPSA) is 45.2 Å². The average Bonchev–Trinajstić information content (AvgIpc) is 2.92. The van der Waals surface area contributed by atoms with Gasteiger partial charge in [-0.2, -0.15) is 0 Å². The number of halogens is 2. The predicted molar refractivity (Wildman–Crippen MR) is 86.5 cm³/mol. The van der Waals surface area contributed by atoms with E-state index in [4.69, 9.17) is 0 Å². The van der Waals surface area contributed by atoms with Crippen molar-refractivity contribution in [3.63, 3.8) is 0 Å². The van der Waals surface area contributed by atoms with Crippen LogP contribution in [-0.4, -0.2) is 23.0 Å². The summed E-state index contributed by atoms with van der Waals surface area (Å²) >= 11 is 1.50. The van der Waals surface area contributed by atoms with Gasteiger partial charge in [-0.15, -0.1) is 11.3 Å². The summed E-state index contributed by atoms with van der Waals surface area (Å²) in [4.78, 5) is 17.9. The summed E-state index contributed by atoms with van der Waals surface area (Å²) in [6.07, 6.45) is 0. The van der Waals surface area contributed by atoms with Crippen molar-refractivity contribution >= 4 is 33.3 Å². The minimum absolute atomic E-state index is 0.0625. The van der Waals surface area contributed by atoms with Gasteiger partial charge in [0.25, 0.3) is 0 Å². The van der Waals surface area contributed by atoms with Crippen molar-refractivity contribution in [1.29, 1.82) is 0 Å². The first-order chi connectivity index (χ1) is 11.0. The maximum Gasteiger partial charge on any atom is 0.322 e. The van der Waals surface area contributed by atoms with E-state index in [0.717, 1.165) is 27.4 Å². The molecule has 2 aromatic carbocycles. The summed E-state index contributed by atoms with van der Waals surface area (Å²) in [5.74, 6) is -1.50. The average molecular weight is 333 g/mol. The molecule has 3 aromatic rings. The van der Waals surface area contributed by atoms with Crippen molar-refractivity contribution in [2.24, 2.45) is 0 Å². The number of anilines is 1. The Morgan fingerprint density at radius 2 is 2.04 bits per heavy atom. The smallest absolute Gasteiger partial charge is 0.321 e. The van der Waals surface area contributed by atoms with Crippen LogP contribution in [0.5, 0.6) is 0 Å². The van der Waals surface area contributed by atoms with E-state index in [1.54, 1.807) is 7.05 Å². The molecule has 2 amide bonds. The fourth-order valence-electron chi connectivity index (χ4n) is 2.06. The molecular formula is C16H13F2N3OS. The summed E-state index contributed by atoms with van der Waals surface area (Å²) in [6.45, 7) is 0.300. The fourth-order valence-corrected chi connectivity index (χ4v) is 3.08. The summed E-state index contributed by atoms with van der Waals surface area (Å²) in [7, 11) is 1.59. The number of nitrogens with zero attached hydrogens (tertiary/aromatic N) is 2. The zero-order valence-electron chi connectivity index (χ0n) is 12.2. The van der Waals surface area contributed by atoms with Crippen LogP contribution in [0.25, 0.3) is 10.2 Å². The molecule has 0 aliphatic heterocycles. The molecular weight excluding hydrogens is 320 g/mol. The lowest BCUT2D eigenvalue weighted by Crippen LogP contribution is -2.31. The largest absolute Gasteiger partial charge is 0.322 e. The number of carbonyl (C=O) groups is 1. The zero-order valence-corrected chi connectivity index (χ0v) is 13.0. The standard InChI is InChI=1S/C16H13F2N3OS/c1-21(9-15-19-13-4-2-3-5-14(13)23-15)16(22)20-12-7-6-10(17)8-11(12)18/h2-8H,9H2,1H3,(H,20,22). The number of hydrogen-bond donors (Lipinski definition) is 1. The van der Waals surface area contributed by atoms with Crippen LogP contribution in [0.4, 0.5) is 19.3 Å². The van der Waals surface area contributed by atoms with Gasteiger partial charge in [0.2, 0.25) is 0 Å². The van der Waals surface area contributed by atoms with Crippen molar-refractivity contribution in [2.75, 3.05) is 12.4 Å². The molecule has 1 N–H and O–H groups in total. The Kier molecular flexibility index (Phi) is 4.20. The summed E-state index contributed by atoms with van der Waals surface area (Å²) in [5, 5.41) is 3.19. The third-order valence-electron chi connectivity index (χ3n) is 3.23. The van der Waals surface area contributed by atoms with Gasteiger partial charge in [0.1, 0.15) is 16.6 Å². The number of benzene rings is 2. The van der Waals surface area contributed by atoms with Crippen LogP contribution in [-0.2, 0) is 6.54 Å². The van der Waals surface area contributed by atoms with E-state index in [1.807, 2.05) is 24.3 Å². The molecule has 0 radical (unpaired) electrons. The molecule has 0 spiro atoms. The van der Waals surface area contributed by atoms with Crippen molar-refractivity contribution in [1.82, 2.24) is 9.88 Å². The van der Waals surface area contributed by atoms with Gasteiger partial charge >= 0.3 is 6.03 Å². The molecule has 0 aliphatic rings. The maximum atomic E-state index is 13.6. The lowest BCUT2D eigenvalue weighted by atomic mass is 10.3. The number of hydrogen-bond acceptors (Lipinski definition) is 3. The third-order valence-corrected chi connectivity index (χ3v) is 4.25. The van der Waals surface area contributed by atoms with Crippen LogP contribution >= 0.6 is 11.3 Å². The quantitative estimate of drug-likeness (QED) is 0.779. The third kappa shape index (κ3) is 3.45. The lowest BCUT2D eigenvalue weighted by Gasteiger charge is -2.16. The monoisotopic (exact) mass is 333 g/mol. The molecule has 1 heterocycles. The van der Waals surface area contributed by atoms with Crippen molar-refractivity contribution in [3.05, 3.63) is 59.1 Å². The minimum Gasteiger partial charge on any atom is -0.321 e. The summed E-state index contributed by atoms with van der Waals surface area (Å²) in [6, 6.07) is 10.2. The van der Waals surface area contributed by atoms with E-state index in [0.29, 0.717) is 6.54 Å². The van der Waals surface area contributed by atoms with Gasteiger partial charge in [0, 0.05) is 13.1 Å². The van der Waals surface area contributed by atoms with E-state index in [-0.39, 0.29) is 5.69 Å². The lowest BCUT2D eigenvalue weighted by molar-refractivity contribution is 0.220. The molecule has 1 aromatic heterocycles. The molecule has 0 saturated carbocycles. The second-order valence-electron chi connectivity index (χ2n) is 4.99. The second kappa shape index (κ2) is 6.29. The number of carbonyl (C=O) groups excluding carboxylic acids is 1. The van der Waals surface area contributed by atoms with E-state index in [1.165, 1.54) is 22.3 Å². The van der Waals surface area contributed by atoms with Gasteiger partial charge in [-0.3, -0.25) is 0 Å². The van der Waals surface area contributed by atoms with Crippen LogP contribution < -0.4 is 5.32 Å². The molecule has 0 aliphatic carbocycles. The van der Waals surface area contributed by atoms with Crippen LogP contribution in [0, 0.1) is 11.6 Å². The minimum atomic E-state index is -0.813. The van der Waals surface area contributed by atoms with Crippen LogP contribution in [0.15, 0.2) is 42.5 Å². The van der Waals surface area contributed by atoms with Gasteiger partial charge in [0.15, 0.2) is 0 Å². The Bertz CT molecular complexity index is 832. The van der Waals surface area contributed by atoms with Crippen molar-refractivity contribution < 1.29 is 13.6 Å². The van der Waals surface area contributed by atoms with E-state index in [9.17, 15) is 13.6 Å². The van der Waals surface area contributed by atoms with Gasteiger partial charge in [-0.1, -0.05) is 12.1 Å². The molecule has 7 heteroatoms. The number of thiazole rings is 1. The van der Waals surface area contributed by atoms with Crippen molar-refractivity contribution in [2.45, 2.75) is 6.54 Å². The molecule has 0 atom stereocenters. The highest BCUT2D eigenvalue weighted by Crippen LogP contribution is 2.22. The normalized spacial score (nSPS) is 10.7. The van der Waals surface area contributed by atoms with Crippen LogP contribution in [0.1, 0.15) is 5.01 Å². The van der Waals surface area contributed by atoms with E-state index < -0.39 is 17.7 Å². The highest BCUT2D eigenvalue weighted by atomic mass is 32.1. The fraction of sp³-hybridized carbons (Fsp3) is 0.125. The number of nitrogens with one attached hydrogen (secondary N) is 1. The Hall–Kier alpha value is -2.54. The van der Waals surface area contributed by atoms with Gasteiger partial charge < -0.3 is 10.2 Å². The Labute approximate surface area is 135 Å². The highest BCUT2D eigenvalue weighted by Gasteiger charge is 2.14. The highest BCUT2D eigenvalue weighted by molar-refractivity contribution is 7.18. The summed E-state index contributed by atoms with van der Waals surface area (Å²) < 4.78 is 27.5. The molecule has 23 heavy (non-hydrogen) atoms. The molecule has 0 saturated heterocycles. The van der Waals surface area contributed by atoms with E-state index in [2.05, 4.69) is 10.3 Å². The second-order valence-corrected chi connectivity index (χ2v) is 6.10. The molecule has 0 unspecified atom stereocenters. The molecule has 0 fully saturated rings. The first-order valence-electron chi connectivity index (χ1n) is 6.84. The Morgan fingerprint density at radius 3 is 2.78 bits per heavy atom. The number of urea groups is 1. The van der Waals surface area contributed by atoms with Crippen LogP contribution in [0.2, 0.25) is 0 Å². The molecule has 0 bridgehead atoms. The zero-order chi connectivity index (χ0) is 16.4. The molecule has 4 nitrogen and oxygen atoms in total. The van der Waals surface area contributed by atoms with E-state index >= 15 is 0 Å². The number of para-hydroxylation sites is 1. The summed E-state index contributed by atoms with van der Waals surface area (Å²) in [5.41, 5.74) is 0.818. The maximum absolute atomic E-state index is 13.6. The number of fused-ring (bicyclic) bond motifs is 1. The number of rotatable bonds is 3. The number of aromatic nitrogens is 1. The predicted octanol–water partition coefficient (Wildman–Crippen LogP) is 4.24. The van der Waals surface area contributed by atoms with Gasteiger partial charge in [-0.05, 0) is 24.3 Å². The van der Waals surface area contributed by atoms with Gasteiger partial charge in [-0.25, -0.2) is 18.6 Å². The first kappa shape index (κ1) is 15.4. The molecule has 118 valence electrons. The Morgan fingerprint density at radius 1 is 1.26 bits per heavy atom. The number of amides is 2.